The summed E-state index contributed by atoms with van der Waals surface area (Å²) in [5.41, 5.74) is 2.01. The molecule has 0 bridgehead atoms. The number of rotatable bonds is 2. The van der Waals surface area contributed by atoms with Gasteiger partial charge in [-0.2, -0.15) is 8.09 Å². The number of thiol groups is 2. The number of hydrogen-bond donors (Lipinski definition) is 2. The Kier molecular flexibility index (Phi) is 4.38. The third kappa shape index (κ3) is 3.76. The van der Waals surface area contributed by atoms with Gasteiger partial charge in [-0.1, -0.05) is 20.8 Å². The lowest BCUT2D eigenvalue weighted by molar-refractivity contribution is 0.311. The normalized spacial score (nSPS) is 27.5. The van der Waals surface area contributed by atoms with Crippen molar-refractivity contribution in [2.45, 2.75) is 39.0 Å². The molecule has 0 aromatic carbocycles. The van der Waals surface area contributed by atoms with Gasteiger partial charge < -0.3 is 0 Å². The van der Waals surface area contributed by atoms with Crippen LogP contribution in [0.3, 0.4) is 0 Å². The molecule has 2 unspecified atom stereocenters. The summed E-state index contributed by atoms with van der Waals surface area (Å²) in [6.45, 7) is 6.74. The average molecular weight is 319 g/mol. The SMILES string of the molecule is CC1CC(C)(C)c2nnnnc2CC1CS(C)(S)S. The first-order valence-electron chi connectivity index (χ1n) is 6.45. The number of nitrogens with zero attached hydrogens (tertiary/aromatic N) is 4. The maximum atomic E-state index is 4.64. The summed E-state index contributed by atoms with van der Waals surface area (Å²) in [6.07, 6.45) is 4.12. The summed E-state index contributed by atoms with van der Waals surface area (Å²) in [7, 11) is -1.11. The second-order valence-corrected chi connectivity index (χ2v) is 14.4. The number of hydrogen-bond acceptors (Lipinski definition) is 6. The van der Waals surface area contributed by atoms with Crippen LogP contribution in [-0.2, 0) is 11.8 Å². The summed E-state index contributed by atoms with van der Waals surface area (Å²) in [6, 6.07) is 0. The van der Waals surface area contributed by atoms with Crippen LogP contribution in [0.1, 0.15) is 38.6 Å². The summed E-state index contributed by atoms with van der Waals surface area (Å²) in [4.78, 5) is 0. The molecule has 0 aliphatic heterocycles. The third-order valence-electron chi connectivity index (χ3n) is 3.89. The third-order valence-corrected chi connectivity index (χ3v) is 5.84. The Morgan fingerprint density at radius 2 is 1.89 bits per heavy atom. The monoisotopic (exact) mass is 318 g/mol. The molecule has 0 spiro atoms. The van der Waals surface area contributed by atoms with Gasteiger partial charge in [0.25, 0.3) is 0 Å². The fourth-order valence-corrected chi connectivity index (χ4v) is 5.46. The molecule has 0 amide bonds. The van der Waals surface area contributed by atoms with E-state index in [0.717, 1.165) is 30.0 Å². The van der Waals surface area contributed by atoms with E-state index in [0.29, 0.717) is 11.8 Å². The highest BCUT2D eigenvalue weighted by molar-refractivity contribution is 9.17. The number of aromatic nitrogens is 4. The van der Waals surface area contributed by atoms with Crippen LogP contribution in [0.2, 0.25) is 0 Å². The Labute approximate surface area is 126 Å². The molecule has 1 aromatic rings. The van der Waals surface area contributed by atoms with E-state index in [-0.39, 0.29) is 5.41 Å². The standard InChI is InChI=1S/C12H22N4S3/c1-8-6-12(2,3)11-10(13-15-16-14-11)5-9(8)7-19(4,17)18/h8-9,17-18H,5-7H2,1-4H3. The fourth-order valence-electron chi connectivity index (χ4n) is 3.05. The molecule has 1 heterocycles. The molecule has 0 saturated carbocycles. The lowest BCUT2D eigenvalue weighted by atomic mass is 9.79. The Bertz CT molecular complexity index is 459. The topological polar surface area (TPSA) is 51.6 Å². The van der Waals surface area contributed by atoms with E-state index in [4.69, 9.17) is 0 Å². The molecule has 108 valence electrons. The van der Waals surface area contributed by atoms with E-state index in [2.05, 4.69) is 71.0 Å². The molecule has 19 heavy (non-hydrogen) atoms. The van der Waals surface area contributed by atoms with Crippen molar-refractivity contribution in [2.24, 2.45) is 11.8 Å². The molecule has 7 heteroatoms. The first-order chi connectivity index (χ1) is 8.69. The molecule has 1 aliphatic carbocycles. The van der Waals surface area contributed by atoms with Crippen molar-refractivity contribution in [3.05, 3.63) is 11.4 Å². The minimum absolute atomic E-state index is 0.00533. The van der Waals surface area contributed by atoms with E-state index in [1.165, 1.54) is 0 Å². The van der Waals surface area contributed by atoms with Crippen LogP contribution in [0.25, 0.3) is 0 Å². The first-order valence-corrected chi connectivity index (χ1v) is 10.8. The average Bonchev–Trinajstić information content (AvgIpc) is 2.34. The lowest BCUT2D eigenvalue weighted by Crippen LogP contribution is -2.24. The quantitative estimate of drug-likeness (QED) is 0.500. The predicted molar refractivity (Wildman–Crippen MR) is 88.0 cm³/mol. The summed E-state index contributed by atoms with van der Waals surface area (Å²) >= 11 is 9.28. The number of fused-ring (bicyclic) bond motifs is 1. The van der Waals surface area contributed by atoms with Crippen LogP contribution >= 0.6 is 31.4 Å². The van der Waals surface area contributed by atoms with E-state index < -0.39 is 8.09 Å². The minimum atomic E-state index is -1.11. The van der Waals surface area contributed by atoms with Gasteiger partial charge in [0.15, 0.2) is 0 Å². The Hall–Kier alpha value is -0.0100. The summed E-state index contributed by atoms with van der Waals surface area (Å²) in [5.74, 6) is 2.16. The Morgan fingerprint density at radius 1 is 1.26 bits per heavy atom. The molecular formula is C12H22N4S3. The largest absolute Gasteiger partial charge is 0.152 e. The van der Waals surface area contributed by atoms with Gasteiger partial charge in [0.1, 0.15) is 0 Å². The molecule has 0 N–H and O–H groups in total. The second-order valence-electron chi connectivity index (χ2n) is 6.36. The second kappa shape index (κ2) is 5.41. The first kappa shape index (κ1) is 15.4. The molecule has 0 fully saturated rings. The van der Waals surface area contributed by atoms with Gasteiger partial charge in [-0.3, -0.25) is 0 Å². The van der Waals surface area contributed by atoms with Gasteiger partial charge in [0.2, 0.25) is 0 Å². The van der Waals surface area contributed by atoms with Crippen molar-refractivity contribution in [3.8, 4) is 0 Å². The van der Waals surface area contributed by atoms with Crippen molar-refractivity contribution >= 4 is 31.4 Å². The maximum Gasteiger partial charge on any atom is 0.0939 e. The fraction of sp³-hybridized carbons (Fsp3) is 0.833. The maximum absolute atomic E-state index is 4.64. The van der Waals surface area contributed by atoms with Gasteiger partial charge in [0.05, 0.1) is 11.4 Å². The van der Waals surface area contributed by atoms with Gasteiger partial charge in [-0.25, -0.2) is 0 Å². The van der Waals surface area contributed by atoms with Crippen LogP contribution in [0, 0.1) is 11.8 Å². The van der Waals surface area contributed by atoms with E-state index in [9.17, 15) is 0 Å². The minimum Gasteiger partial charge on any atom is -0.152 e. The highest BCUT2D eigenvalue weighted by Crippen LogP contribution is 2.56. The molecule has 4 nitrogen and oxygen atoms in total. The van der Waals surface area contributed by atoms with Crippen molar-refractivity contribution in [2.75, 3.05) is 12.0 Å². The molecule has 2 atom stereocenters. The van der Waals surface area contributed by atoms with Crippen LogP contribution < -0.4 is 0 Å². The molecule has 0 saturated heterocycles. The molecule has 1 aromatic heterocycles. The molecular weight excluding hydrogens is 296 g/mol. The van der Waals surface area contributed by atoms with Gasteiger partial charge >= 0.3 is 0 Å². The Morgan fingerprint density at radius 3 is 2.53 bits per heavy atom. The van der Waals surface area contributed by atoms with Crippen molar-refractivity contribution < 1.29 is 0 Å². The van der Waals surface area contributed by atoms with E-state index in [1.54, 1.807) is 0 Å². The van der Waals surface area contributed by atoms with Crippen molar-refractivity contribution in [1.82, 2.24) is 20.6 Å². The lowest BCUT2D eigenvalue weighted by Gasteiger charge is -2.32. The summed E-state index contributed by atoms with van der Waals surface area (Å²) in [5, 5.41) is 15.9. The van der Waals surface area contributed by atoms with E-state index in [1.807, 2.05) is 0 Å². The van der Waals surface area contributed by atoms with E-state index >= 15 is 0 Å². The zero-order valence-electron chi connectivity index (χ0n) is 11.9. The van der Waals surface area contributed by atoms with Gasteiger partial charge in [-0.05, 0) is 47.1 Å². The smallest absolute Gasteiger partial charge is 0.0939 e. The van der Waals surface area contributed by atoms with Crippen LogP contribution in [0.4, 0.5) is 0 Å². The van der Waals surface area contributed by atoms with Crippen molar-refractivity contribution in [1.29, 1.82) is 0 Å². The highest BCUT2D eigenvalue weighted by atomic mass is 33.5. The Balaban J connectivity index is 2.34. The zero-order chi connectivity index (χ0) is 14.3. The van der Waals surface area contributed by atoms with Gasteiger partial charge in [-0.15, -0.1) is 33.5 Å². The van der Waals surface area contributed by atoms with Crippen molar-refractivity contribution in [3.63, 3.8) is 0 Å². The van der Waals surface area contributed by atoms with Crippen LogP contribution in [0.15, 0.2) is 0 Å². The van der Waals surface area contributed by atoms with Crippen LogP contribution in [0.5, 0.6) is 0 Å². The van der Waals surface area contributed by atoms with Crippen LogP contribution in [-0.4, -0.2) is 32.6 Å². The highest BCUT2D eigenvalue weighted by Gasteiger charge is 2.37. The molecule has 1 aliphatic rings. The summed E-state index contributed by atoms with van der Waals surface area (Å²) < 4.78 is 0. The zero-order valence-corrected chi connectivity index (χ0v) is 14.5. The molecule has 0 radical (unpaired) electrons. The van der Waals surface area contributed by atoms with Gasteiger partial charge in [0, 0.05) is 5.41 Å². The molecule has 2 rings (SSSR count). The predicted octanol–water partition coefficient (Wildman–Crippen LogP) is 2.87.